The normalized spacial score (nSPS) is 13.3. The lowest BCUT2D eigenvalue weighted by Gasteiger charge is -2.16. The Morgan fingerprint density at radius 2 is 2.11 bits per heavy atom. The molecule has 0 amide bonds. The Balaban J connectivity index is 2.62. The molecule has 0 bridgehead atoms. The Bertz CT molecular complexity index is 517. The van der Waals surface area contributed by atoms with Crippen LogP contribution in [0.15, 0.2) is 22.7 Å². The van der Waals surface area contributed by atoms with E-state index in [2.05, 4.69) is 15.9 Å². The summed E-state index contributed by atoms with van der Waals surface area (Å²) in [6, 6.07) is 5.69. The van der Waals surface area contributed by atoms with Crippen molar-refractivity contribution in [1.82, 2.24) is 0 Å². The number of primary sulfonamides is 1. The van der Waals surface area contributed by atoms with Crippen molar-refractivity contribution >= 4 is 26.0 Å². The van der Waals surface area contributed by atoms with Gasteiger partial charge in [0.25, 0.3) is 0 Å². The molecule has 1 atom stereocenters. The lowest BCUT2D eigenvalue weighted by atomic mass is 10.1. The number of hydrogen-bond acceptors (Lipinski definition) is 3. The van der Waals surface area contributed by atoms with Crippen LogP contribution >= 0.6 is 15.9 Å². The molecule has 2 N–H and O–H groups in total. The third-order valence-corrected chi connectivity index (χ3v) is 4.61. The zero-order valence-electron chi connectivity index (χ0n) is 11.2. The molecule has 19 heavy (non-hydrogen) atoms. The van der Waals surface area contributed by atoms with E-state index in [0.717, 1.165) is 28.6 Å². The van der Waals surface area contributed by atoms with Crippen LogP contribution in [-0.4, -0.2) is 20.8 Å². The number of hydrogen-bond donors (Lipinski definition) is 1. The van der Waals surface area contributed by atoms with E-state index in [0.29, 0.717) is 6.61 Å². The molecule has 0 aliphatic heterocycles. The van der Waals surface area contributed by atoms with E-state index in [9.17, 15) is 8.42 Å². The summed E-state index contributed by atoms with van der Waals surface area (Å²) in [5, 5.41) is 5.09. The summed E-state index contributed by atoms with van der Waals surface area (Å²) in [6.07, 6.45) is 1.69. The highest BCUT2D eigenvalue weighted by Crippen LogP contribution is 2.22. The quantitative estimate of drug-likeness (QED) is 0.822. The molecule has 108 valence electrons. The molecule has 0 heterocycles. The molecule has 0 aromatic heterocycles. The van der Waals surface area contributed by atoms with Crippen molar-refractivity contribution in [3.05, 3.63) is 28.2 Å². The van der Waals surface area contributed by atoms with Gasteiger partial charge in [-0.05, 0) is 37.1 Å². The van der Waals surface area contributed by atoms with Gasteiger partial charge in [0.2, 0.25) is 10.0 Å². The number of sulfonamides is 1. The van der Waals surface area contributed by atoms with Crippen LogP contribution in [0.4, 0.5) is 0 Å². The third kappa shape index (κ3) is 6.40. The maximum atomic E-state index is 11.1. The van der Waals surface area contributed by atoms with Gasteiger partial charge in [0.15, 0.2) is 0 Å². The lowest BCUT2D eigenvalue weighted by molar-refractivity contribution is 0.252. The smallest absolute Gasteiger partial charge is 0.209 e. The second-order valence-electron chi connectivity index (χ2n) is 4.71. The lowest BCUT2D eigenvalue weighted by Crippen LogP contribution is -2.26. The predicted molar refractivity (Wildman–Crippen MR) is 80.7 cm³/mol. The minimum absolute atomic E-state index is 0.0314. The zero-order chi connectivity index (χ0) is 14.5. The second-order valence-corrected chi connectivity index (χ2v) is 7.22. The van der Waals surface area contributed by atoms with Crippen molar-refractivity contribution in [3.63, 3.8) is 0 Å². The molecule has 1 aromatic carbocycles. The molecule has 1 unspecified atom stereocenters. The number of ether oxygens (including phenoxy) is 1. The van der Waals surface area contributed by atoms with Gasteiger partial charge in [-0.25, -0.2) is 13.6 Å². The summed E-state index contributed by atoms with van der Waals surface area (Å²) >= 11 is 3.42. The molecule has 0 radical (unpaired) electrons. The predicted octanol–water partition coefficient (Wildman–Crippen LogP) is 2.84. The standard InChI is InChI=1S/C13H20BrNO3S/c1-3-4-11(9-19(15,16)17)8-18-12-5-6-13(14)10(2)7-12/h5-7,11H,3-4,8-9H2,1-2H3,(H2,15,16,17). The fourth-order valence-electron chi connectivity index (χ4n) is 1.87. The number of halogens is 1. The molecule has 0 spiro atoms. The topological polar surface area (TPSA) is 69.4 Å². The van der Waals surface area contributed by atoms with Crippen LogP contribution in [0.5, 0.6) is 5.75 Å². The summed E-state index contributed by atoms with van der Waals surface area (Å²) < 4.78 is 29.0. The average molecular weight is 350 g/mol. The maximum absolute atomic E-state index is 11.1. The first-order valence-electron chi connectivity index (χ1n) is 6.21. The molecule has 1 rings (SSSR count). The summed E-state index contributed by atoms with van der Waals surface area (Å²) in [7, 11) is -3.45. The number of benzene rings is 1. The van der Waals surface area contributed by atoms with Crippen molar-refractivity contribution in [1.29, 1.82) is 0 Å². The molecule has 1 aromatic rings. The highest BCUT2D eigenvalue weighted by atomic mass is 79.9. The van der Waals surface area contributed by atoms with Crippen molar-refractivity contribution in [2.45, 2.75) is 26.7 Å². The van der Waals surface area contributed by atoms with Gasteiger partial charge in [-0.1, -0.05) is 29.3 Å². The number of aryl methyl sites for hydroxylation is 1. The Morgan fingerprint density at radius 1 is 1.42 bits per heavy atom. The molecule has 0 aliphatic carbocycles. The van der Waals surface area contributed by atoms with E-state index in [1.54, 1.807) is 0 Å². The van der Waals surface area contributed by atoms with E-state index in [4.69, 9.17) is 9.88 Å². The Morgan fingerprint density at radius 3 is 2.63 bits per heavy atom. The molecular formula is C13H20BrNO3S. The fourth-order valence-corrected chi connectivity index (χ4v) is 3.04. The van der Waals surface area contributed by atoms with E-state index < -0.39 is 10.0 Å². The van der Waals surface area contributed by atoms with E-state index >= 15 is 0 Å². The minimum Gasteiger partial charge on any atom is -0.493 e. The van der Waals surface area contributed by atoms with Gasteiger partial charge in [0, 0.05) is 10.4 Å². The minimum atomic E-state index is -3.45. The van der Waals surface area contributed by atoms with E-state index in [-0.39, 0.29) is 11.7 Å². The average Bonchev–Trinajstić information content (AvgIpc) is 2.29. The third-order valence-electron chi connectivity index (χ3n) is 2.78. The van der Waals surface area contributed by atoms with Crippen molar-refractivity contribution in [2.75, 3.05) is 12.4 Å². The zero-order valence-corrected chi connectivity index (χ0v) is 13.6. The Kier molecular flexibility index (Phi) is 6.29. The summed E-state index contributed by atoms with van der Waals surface area (Å²) in [6.45, 7) is 4.36. The first-order valence-corrected chi connectivity index (χ1v) is 8.72. The van der Waals surface area contributed by atoms with Crippen molar-refractivity contribution in [2.24, 2.45) is 11.1 Å². The molecular weight excluding hydrogens is 330 g/mol. The van der Waals surface area contributed by atoms with E-state index in [1.165, 1.54) is 0 Å². The molecule has 0 saturated carbocycles. The second kappa shape index (κ2) is 7.26. The van der Waals surface area contributed by atoms with Crippen LogP contribution in [0.3, 0.4) is 0 Å². The fraction of sp³-hybridized carbons (Fsp3) is 0.538. The summed E-state index contributed by atoms with van der Waals surface area (Å²) in [5.74, 6) is 0.649. The van der Waals surface area contributed by atoms with Crippen LogP contribution < -0.4 is 9.88 Å². The van der Waals surface area contributed by atoms with Crippen molar-refractivity contribution < 1.29 is 13.2 Å². The van der Waals surface area contributed by atoms with Gasteiger partial charge in [-0.15, -0.1) is 0 Å². The number of nitrogens with two attached hydrogens (primary N) is 1. The maximum Gasteiger partial charge on any atom is 0.209 e. The molecule has 4 nitrogen and oxygen atoms in total. The molecule has 0 saturated heterocycles. The highest BCUT2D eigenvalue weighted by Gasteiger charge is 2.16. The highest BCUT2D eigenvalue weighted by molar-refractivity contribution is 9.10. The van der Waals surface area contributed by atoms with Gasteiger partial charge in [-0.2, -0.15) is 0 Å². The van der Waals surface area contributed by atoms with Crippen LogP contribution in [0.25, 0.3) is 0 Å². The first kappa shape index (κ1) is 16.5. The van der Waals surface area contributed by atoms with E-state index in [1.807, 2.05) is 32.0 Å². The SMILES string of the molecule is CCCC(COc1ccc(Br)c(C)c1)CS(N)(=O)=O. The van der Waals surface area contributed by atoms with Crippen LogP contribution in [0.1, 0.15) is 25.3 Å². The Labute approximate surface area is 123 Å². The summed E-state index contributed by atoms with van der Waals surface area (Å²) in [4.78, 5) is 0. The molecule has 0 aliphatic rings. The summed E-state index contributed by atoms with van der Waals surface area (Å²) in [5.41, 5.74) is 1.08. The monoisotopic (exact) mass is 349 g/mol. The van der Waals surface area contributed by atoms with Crippen molar-refractivity contribution in [3.8, 4) is 5.75 Å². The molecule has 6 heteroatoms. The van der Waals surface area contributed by atoms with Crippen LogP contribution in [0.2, 0.25) is 0 Å². The van der Waals surface area contributed by atoms with Crippen LogP contribution in [-0.2, 0) is 10.0 Å². The first-order chi connectivity index (χ1) is 8.81. The van der Waals surface area contributed by atoms with Gasteiger partial charge in [-0.3, -0.25) is 0 Å². The van der Waals surface area contributed by atoms with Gasteiger partial charge in [0.1, 0.15) is 5.75 Å². The van der Waals surface area contributed by atoms with Crippen LogP contribution in [0, 0.1) is 12.8 Å². The Hall–Kier alpha value is -0.590. The van der Waals surface area contributed by atoms with Gasteiger partial charge >= 0.3 is 0 Å². The number of rotatable bonds is 7. The van der Waals surface area contributed by atoms with Gasteiger partial charge in [0.05, 0.1) is 12.4 Å². The molecule has 0 fully saturated rings. The largest absolute Gasteiger partial charge is 0.493 e. The van der Waals surface area contributed by atoms with Gasteiger partial charge < -0.3 is 4.74 Å².